The van der Waals surface area contributed by atoms with E-state index in [2.05, 4.69) is 60.6 Å². The molecule has 0 radical (unpaired) electrons. The Balaban J connectivity index is 1.59. The van der Waals surface area contributed by atoms with Crippen molar-refractivity contribution < 1.29 is 0 Å². The topological polar surface area (TPSA) is 37.8 Å². The molecule has 1 aliphatic carbocycles. The highest BCUT2D eigenvalue weighted by molar-refractivity contribution is 7.11. The monoisotopic (exact) mass is 301 g/mol. The van der Waals surface area contributed by atoms with Crippen LogP contribution in [0.4, 0.5) is 0 Å². The first-order valence-corrected chi connectivity index (χ1v) is 8.47. The van der Waals surface area contributed by atoms with E-state index in [1.165, 1.54) is 16.1 Å². The first-order chi connectivity index (χ1) is 10.0. The molecule has 21 heavy (non-hydrogen) atoms. The lowest BCUT2D eigenvalue weighted by Gasteiger charge is -2.19. The molecule has 0 fully saturated rings. The molecule has 1 aliphatic rings. The second kappa shape index (κ2) is 5.85. The van der Waals surface area contributed by atoms with Crippen molar-refractivity contribution in [2.24, 2.45) is 0 Å². The minimum atomic E-state index is 0.167. The third-order valence-electron chi connectivity index (χ3n) is 3.88. The van der Waals surface area contributed by atoms with Gasteiger partial charge in [-0.2, -0.15) is 0 Å². The average Bonchev–Trinajstić information content (AvgIpc) is 3.02. The van der Waals surface area contributed by atoms with Gasteiger partial charge in [0.05, 0.1) is 0 Å². The van der Waals surface area contributed by atoms with E-state index >= 15 is 0 Å². The molecule has 2 aromatic rings. The molecule has 3 nitrogen and oxygen atoms in total. The van der Waals surface area contributed by atoms with Crippen LogP contribution in [-0.4, -0.2) is 22.3 Å². The molecule has 0 saturated heterocycles. The van der Waals surface area contributed by atoms with E-state index in [0.29, 0.717) is 5.92 Å². The largest absolute Gasteiger partial charge is 0.312 e. The Hall–Kier alpha value is -1.26. The van der Waals surface area contributed by atoms with Crippen molar-refractivity contribution in [3.8, 4) is 0 Å². The maximum atomic E-state index is 4.44. The van der Waals surface area contributed by atoms with Crippen molar-refractivity contribution >= 4 is 11.3 Å². The maximum Gasteiger partial charge on any atom is 0.121 e. The second-order valence-electron chi connectivity index (χ2n) is 6.83. The summed E-state index contributed by atoms with van der Waals surface area (Å²) in [5.74, 6) is 0.532. The number of nitrogens with one attached hydrogen (secondary N) is 1. The van der Waals surface area contributed by atoms with Crippen LogP contribution in [0, 0.1) is 0 Å². The lowest BCUT2D eigenvalue weighted by atomic mass is 10.1. The van der Waals surface area contributed by atoms with Gasteiger partial charge in [0, 0.05) is 24.4 Å². The van der Waals surface area contributed by atoms with Crippen molar-refractivity contribution in [2.75, 3.05) is 6.54 Å². The van der Waals surface area contributed by atoms with Crippen molar-refractivity contribution in [1.82, 2.24) is 15.5 Å². The van der Waals surface area contributed by atoms with E-state index in [4.69, 9.17) is 0 Å². The van der Waals surface area contributed by atoms with Crippen molar-refractivity contribution in [1.29, 1.82) is 0 Å². The molecule has 1 aromatic carbocycles. The van der Waals surface area contributed by atoms with Crippen LogP contribution in [0.3, 0.4) is 0 Å². The third-order valence-corrected chi connectivity index (χ3v) is 5.02. The van der Waals surface area contributed by atoms with Crippen LogP contribution in [0.5, 0.6) is 0 Å². The van der Waals surface area contributed by atoms with Gasteiger partial charge in [0.1, 0.15) is 10.0 Å². The summed E-state index contributed by atoms with van der Waals surface area (Å²) in [6.45, 7) is 7.53. The zero-order chi connectivity index (χ0) is 14.9. The molecular weight excluding hydrogens is 278 g/mol. The normalized spacial score (nSPS) is 15.4. The summed E-state index contributed by atoms with van der Waals surface area (Å²) in [6.07, 6.45) is 3.20. The Bertz CT molecular complexity index is 587. The van der Waals surface area contributed by atoms with E-state index in [0.717, 1.165) is 30.8 Å². The SMILES string of the molecule is CC(C)(C)NCCc1nnc(C2Cc3ccccc3C2)s1. The van der Waals surface area contributed by atoms with Gasteiger partial charge in [-0.05, 0) is 44.7 Å². The number of aromatic nitrogens is 2. The van der Waals surface area contributed by atoms with Crippen molar-refractivity contribution in [3.05, 3.63) is 45.4 Å². The molecule has 0 unspecified atom stereocenters. The molecule has 0 bridgehead atoms. The molecule has 4 heteroatoms. The summed E-state index contributed by atoms with van der Waals surface area (Å²) < 4.78 is 0. The maximum absolute atomic E-state index is 4.44. The molecule has 0 amide bonds. The summed E-state index contributed by atoms with van der Waals surface area (Å²) in [4.78, 5) is 0. The number of nitrogens with zero attached hydrogens (tertiary/aromatic N) is 2. The highest BCUT2D eigenvalue weighted by Crippen LogP contribution is 2.35. The summed E-state index contributed by atoms with van der Waals surface area (Å²) in [6, 6.07) is 8.74. The van der Waals surface area contributed by atoms with Crippen LogP contribution >= 0.6 is 11.3 Å². The van der Waals surface area contributed by atoms with Crippen molar-refractivity contribution in [3.63, 3.8) is 0 Å². The molecular formula is C17H23N3S. The average molecular weight is 301 g/mol. The van der Waals surface area contributed by atoms with Crippen LogP contribution < -0.4 is 5.32 Å². The molecule has 0 saturated carbocycles. The summed E-state index contributed by atoms with van der Waals surface area (Å²) in [5, 5.41) is 14.7. The first-order valence-electron chi connectivity index (χ1n) is 7.65. The molecule has 0 aliphatic heterocycles. The number of rotatable bonds is 4. The second-order valence-corrected chi connectivity index (χ2v) is 7.93. The van der Waals surface area contributed by atoms with Gasteiger partial charge >= 0.3 is 0 Å². The fraction of sp³-hybridized carbons (Fsp3) is 0.529. The van der Waals surface area contributed by atoms with E-state index in [-0.39, 0.29) is 5.54 Å². The third kappa shape index (κ3) is 3.69. The lowest BCUT2D eigenvalue weighted by Crippen LogP contribution is -2.37. The van der Waals surface area contributed by atoms with Crippen LogP contribution in [0.25, 0.3) is 0 Å². The summed E-state index contributed by atoms with van der Waals surface area (Å²) in [7, 11) is 0. The number of hydrogen-bond donors (Lipinski definition) is 1. The van der Waals surface area contributed by atoms with Gasteiger partial charge in [0.2, 0.25) is 0 Å². The highest BCUT2D eigenvalue weighted by atomic mass is 32.1. The standard InChI is InChI=1S/C17H23N3S/c1-17(2,3)18-9-8-15-19-20-16(21-15)14-10-12-6-4-5-7-13(12)11-14/h4-7,14,18H,8-11H2,1-3H3. The first kappa shape index (κ1) is 14.7. The van der Waals surface area contributed by atoms with Gasteiger partial charge in [0.25, 0.3) is 0 Å². The van der Waals surface area contributed by atoms with E-state index < -0.39 is 0 Å². The number of fused-ring (bicyclic) bond motifs is 1. The highest BCUT2D eigenvalue weighted by Gasteiger charge is 2.25. The van der Waals surface area contributed by atoms with Gasteiger partial charge in [-0.1, -0.05) is 24.3 Å². The van der Waals surface area contributed by atoms with Crippen LogP contribution in [-0.2, 0) is 19.3 Å². The van der Waals surface area contributed by atoms with E-state index in [1.807, 2.05) is 0 Å². The van der Waals surface area contributed by atoms with E-state index in [1.54, 1.807) is 11.3 Å². The van der Waals surface area contributed by atoms with Gasteiger partial charge in [-0.15, -0.1) is 21.5 Å². The number of hydrogen-bond acceptors (Lipinski definition) is 4. The fourth-order valence-corrected chi connectivity index (χ4v) is 3.75. The van der Waals surface area contributed by atoms with Gasteiger partial charge in [-0.3, -0.25) is 0 Å². The predicted molar refractivity (Wildman–Crippen MR) is 88.0 cm³/mol. The number of benzene rings is 1. The van der Waals surface area contributed by atoms with Gasteiger partial charge in [0.15, 0.2) is 0 Å². The van der Waals surface area contributed by atoms with Crippen LogP contribution in [0.15, 0.2) is 24.3 Å². The molecule has 1 heterocycles. The van der Waals surface area contributed by atoms with E-state index in [9.17, 15) is 0 Å². The van der Waals surface area contributed by atoms with Gasteiger partial charge in [-0.25, -0.2) is 0 Å². The predicted octanol–water partition coefficient (Wildman–Crippen LogP) is 3.35. The Labute approximate surface area is 130 Å². The van der Waals surface area contributed by atoms with Gasteiger partial charge < -0.3 is 5.32 Å². The molecule has 112 valence electrons. The Kier molecular flexibility index (Phi) is 4.09. The zero-order valence-electron chi connectivity index (χ0n) is 13.0. The summed E-state index contributed by atoms with van der Waals surface area (Å²) >= 11 is 1.79. The zero-order valence-corrected chi connectivity index (χ0v) is 13.8. The Morgan fingerprint density at radius 2 is 1.81 bits per heavy atom. The van der Waals surface area contributed by atoms with Crippen LogP contribution in [0.1, 0.15) is 47.8 Å². The summed E-state index contributed by atoms with van der Waals surface area (Å²) in [5.41, 5.74) is 3.13. The molecule has 1 N–H and O–H groups in total. The smallest absolute Gasteiger partial charge is 0.121 e. The Morgan fingerprint density at radius 1 is 1.14 bits per heavy atom. The minimum Gasteiger partial charge on any atom is -0.312 e. The molecule has 3 rings (SSSR count). The molecule has 0 spiro atoms. The molecule has 0 atom stereocenters. The quantitative estimate of drug-likeness (QED) is 0.941. The minimum absolute atomic E-state index is 0.167. The van der Waals surface area contributed by atoms with Crippen molar-refractivity contribution in [2.45, 2.75) is 51.5 Å². The lowest BCUT2D eigenvalue weighted by molar-refractivity contribution is 0.429. The Morgan fingerprint density at radius 3 is 2.43 bits per heavy atom. The fourth-order valence-electron chi connectivity index (χ4n) is 2.81. The molecule has 1 aromatic heterocycles. The van der Waals surface area contributed by atoms with Crippen LogP contribution in [0.2, 0.25) is 0 Å².